The molecule has 2 aromatic carbocycles. The highest BCUT2D eigenvalue weighted by Crippen LogP contribution is 2.21. The summed E-state index contributed by atoms with van der Waals surface area (Å²) >= 11 is 0. The summed E-state index contributed by atoms with van der Waals surface area (Å²) in [5.74, 6) is 2.27. The van der Waals surface area contributed by atoms with Crippen LogP contribution >= 0.6 is 0 Å². The van der Waals surface area contributed by atoms with Crippen molar-refractivity contribution >= 4 is 11.6 Å². The number of nitrogens with one attached hydrogen (secondary N) is 2. The van der Waals surface area contributed by atoms with Crippen LogP contribution in [0.15, 0.2) is 48.5 Å². The average molecular weight is 350 g/mol. The molecule has 0 aliphatic carbocycles. The molecule has 0 unspecified atom stereocenters. The van der Waals surface area contributed by atoms with Gasteiger partial charge in [-0.3, -0.25) is 9.89 Å². The molecular weight excluding hydrogens is 328 g/mol. The number of aryl methyl sites for hydroxylation is 1. The smallest absolute Gasteiger partial charge is 0.255 e. The minimum absolute atomic E-state index is 0.191. The Balaban J connectivity index is 1.73. The lowest BCUT2D eigenvalue weighted by atomic mass is 10.1. The molecule has 1 heterocycles. The van der Waals surface area contributed by atoms with Gasteiger partial charge >= 0.3 is 0 Å². The minimum atomic E-state index is -0.191. The van der Waals surface area contributed by atoms with E-state index < -0.39 is 0 Å². The second-order valence-corrected chi connectivity index (χ2v) is 6.51. The van der Waals surface area contributed by atoms with E-state index >= 15 is 0 Å². The van der Waals surface area contributed by atoms with Crippen molar-refractivity contribution in [3.05, 3.63) is 59.9 Å². The summed E-state index contributed by atoms with van der Waals surface area (Å²) in [7, 11) is 0. The van der Waals surface area contributed by atoms with Crippen LogP contribution in [0.25, 0.3) is 11.4 Å². The Morgan fingerprint density at radius 1 is 1.19 bits per heavy atom. The number of aromatic nitrogens is 3. The fourth-order valence-electron chi connectivity index (χ4n) is 2.40. The number of carbonyl (C=O) groups is 1. The number of rotatable bonds is 6. The average Bonchev–Trinajstić information content (AvgIpc) is 3.07. The van der Waals surface area contributed by atoms with Crippen molar-refractivity contribution in [3.8, 4) is 17.1 Å². The SMILES string of the molecule is Cc1nc(-c2cccc(NC(=O)c3cccc(OCC(C)C)c3)c2)n[nH]1. The van der Waals surface area contributed by atoms with Gasteiger partial charge in [0.2, 0.25) is 0 Å². The molecule has 6 nitrogen and oxygen atoms in total. The number of ether oxygens (including phenoxy) is 1. The van der Waals surface area contributed by atoms with Crippen molar-refractivity contribution in [2.75, 3.05) is 11.9 Å². The van der Waals surface area contributed by atoms with Crippen LogP contribution in [-0.2, 0) is 0 Å². The zero-order valence-electron chi connectivity index (χ0n) is 15.1. The number of hydrogen-bond acceptors (Lipinski definition) is 4. The second-order valence-electron chi connectivity index (χ2n) is 6.51. The van der Waals surface area contributed by atoms with Crippen LogP contribution in [-0.4, -0.2) is 27.7 Å². The number of aromatic amines is 1. The molecule has 0 atom stereocenters. The Kier molecular flexibility index (Phi) is 5.31. The molecule has 0 saturated heterocycles. The standard InChI is InChI=1S/C20H22N4O2/c1-13(2)12-26-18-9-5-7-16(11-18)20(25)22-17-8-4-6-15(10-17)19-21-14(3)23-24-19/h4-11,13H,12H2,1-3H3,(H,22,25)(H,21,23,24). The highest BCUT2D eigenvalue weighted by Gasteiger charge is 2.10. The molecule has 1 aromatic heterocycles. The lowest BCUT2D eigenvalue weighted by Gasteiger charge is -2.10. The normalized spacial score (nSPS) is 10.8. The Morgan fingerprint density at radius 2 is 2.00 bits per heavy atom. The Labute approximate surface area is 152 Å². The van der Waals surface area contributed by atoms with E-state index in [1.54, 1.807) is 12.1 Å². The summed E-state index contributed by atoms with van der Waals surface area (Å²) in [5.41, 5.74) is 2.06. The van der Waals surface area contributed by atoms with Gasteiger partial charge in [0.25, 0.3) is 5.91 Å². The number of amides is 1. The van der Waals surface area contributed by atoms with Gasteiger partial charge in [0.05, 0.1) is 6.61 Å². The van der Waals surface area contributed by atoms with Crippen LogP contribution in [0.3, 0.4) is 0 Å². The van der Waals surface area contributed by atoms with Gasteiger partial charge in [-0.25, -0.2) is 4.98 Å². The largest absolute Gasteiger partial charge is 0.493 e. The highest BCUT2D eigenvalue weighted by molar-refractivity contribution is 6.04. The zero-order valence-corrected chi connectivity index (χ0v) is 15.1. The number of nitrogens with zero attached hydrogens (tertiary/aromatic N) is 2. The number of hydrogen-bond donors (Lipinski definition) is 2. The van der Waals surface area contributed by atoms with Gasteiger partial charge in [0.15, 0.2) is 5.82 Å². The van der Waals surface area contributed by atoms with E-state index in [0.717, 1.165) is 11.4 Å². The third-order valence-electron chi connectivity index (χ3n) is 3.66. The molecule has 1 amide bonds. The molecule has 2 N–H and O–H groups in total. The molecular formula is C20H22N4O2. The Hall–Kier alpha value is -3.15. The molecule has 6 heteroatoms. The first-order chi connectivity index (χ1) is 12.5. The van der Waals surface area contributed by atoms with Crippen molar-refractivity contribution in [3.63, 3.8) is 0 Å². The number of H-pyrrole nitrogens is 1. The number of benzene rings is 2. The summed E-state index contributed by atoms with van der Waals surface area (Å²) in [6, 6.07) is 14.6. The predicted octanol–water partition coefficient (Wildman–Crippen LogP) is 4.07. The topological polar surface area (TPSA) is 79.9 Å². The Bertz CT molecular complexity index is 902. The molecule has 0 spiro atoms. The molecule has 0 fully saturated rings. The zero-order chi connectivity index (χ0) is 18.5. The summed E-state index contributed by atoms with van der Waals surface area (Å²) < 4.78 is 5.69. The van der Waals surface area contributed by atoms with Crippen molar-refractivity contribution in [2.24, 2.45) is 5.92 Å². The van der Waals surface area contributed by atoms with E-state index in [1.165, 1.54) is 0 Å². The Morgan fingerprint density at radius 3 is 2.73 bits per heavy atom. The molecule has 0 bridgehead atoms. The fraction of sp³-hybridized carbons (Fsp3) is 0.250. The minimum Gasteiger partial charge on any atom is -0.493 e. The molecule has 0 radical (unpaired) electrons. The van der Waals surface area contributed by atoms with Gasteiger partial charge in [-0.15, -0.1) is 0 Å². The lowest BCUT2D eigenvalue weighted by molar-refractivity contribution is 0.102. The molecule has 26 heavy (non-hydrogen) atoms. The summed E-state index contributed by atoms with van der Waals surface area (Å²) in [4.78, 5) is 16.9. The van der Waals surface area contributed by atoms with E-state index in [-0.39, 0.29) is 5.91 Å². The molecule has 134 valence electrons. The van der Waals surface area contributed by atoms with E-state index in [9.17, 15) is 4.79 Å². The number of carbonyl (C=O) groups excluding carboxylic acids is 1. The van der Waals surface area contributed by atoms with Crippen LogP contribution in [0.2, 0.25) is 0 Å². The van der Waals surface area contributed by atoms with E-state index in [1.807, 2.05) is 43.3 Å². The van der Waals surface area contributed by atoms with Crippen LogP contribution in [0, 0.1) is 12.8 Å². The van der Waals surface area contributed by atoms with Crippen LogP contribution < -0.4 is 10.1 Å². The second kappa shape index (κ2) is 7.82. The molecule has 0 aliphatic heterocycles. The van der Waals surface area contributed by atoms with Crippen LogP contribution in [0.1, 0.15) is 30.0 Å². The quantitative estimate of drug-likeness (QED) is 0.702. The van der Waals surface area contributed by atoms with Gasteiger partial charge in [-0.2, -0.15) is 5.10 Å². The summed E-state index contributed by atoms with van der Waals surface area (Å²) in [5, 5.41) is 9.87. The fourth-order valence-corrected chi connectivity index (χ4v) is 2.40. The predicted molar refractivity (Wildman–Crippen MR) is 101 cm³/mol. The van der Waals surface area contributed by atoms with Crippen molar-refractivity contribution in [2.45, 2.75) is 20.8 Å². The molecule has 0 aliphatic rings. The maximum Gasteiger partial charge on any atom is 0.255 e. The molecule has 0 saturated carbocycles. The first-order valence-corrected chi connectivity index (χ1v) is 8.55. The van der Waals surface area contributed by atoms with Crippen molar-refractivity contribution in [1.82, 2.24) is 15.2 Å². The van der Waals surface area contributed by atoms with E-state index in [2.05, 4.69) is 34.3 Å². The van der Waals surface area contributed by atoms with Crippen LogP contribution in [0.4, 0.5) is 5.69 Å². The number of anilines is 1. The van der Waals surface area contributed by atoms with Gasteiger partial charge in [-0.05, 0) is 43.2 Å². The molecule has 3 rings (SSSR count). The first-order valence-electron chi connectivity index (χ1n) is 8.55. The third kappa shape index (κ3) is 4.47. The van der Waals surface area contributed by atoms with E-state index in [0.29, 0.717) is 35.3 Å². The maximum atomic E-state index is 12.6. The monoisotopic (exact) mass is 350 g/mol. The lowest BCUT2D eigenvalue weighted by Crippen LogP contribution is -2.12. The van der Waals surface area contributed by atoms with Crippen molar-refractivity contribution in [1.29, 1.82) is 0 Å². The first kappa shape index (κ1) is 17.7. The van der Waals surface area contributed by atoms with E-state index in [4.69, 9.17) is 4.74 Å². The third-order valence-corrected chi connectivity index (χ3v) is 3.66. The van der Waals surface area contributed by atoms with Gasteiger partial charge in [-0.1, -0.05) is 32.0 Å². The van der Waals surface area contributed by atoms with Gasteiger partial charge in [0.1, 0.15) is 11.6 Å². The summed E-state index contributed by atoms with van der Waals surface area (Å²) in [6.07, 6.45) is 0. The van der Waals surface area contributed by atoms with Crippen molar-refractivity contribution < 1.29 is 9.53 Å². The van der Waals surface area contributed by atoms with Gasteiger partial charge < -0.3 is 10.1 Å². The maximum absolute atomic E-state index is 12.6. The van der Waals surface area contributed by atoms with Crippen LogP contribution in [0.5, 0.6) is 5.75 Å². The summed E-state index contributed by atoms with van der Waals surface area (Å²) in [6.45, 7) is 6.62. The molecule has 3 aromatic rings. The highest BCUT2D eigenvalue weighted by atomic mass is 16.5. The van der Waals surface area contributed by atoms with Gasteiger partial charge in [0, 0.05) is 16.8 Å².